The zero-order valence-electron chi connectivity index (χ0n) is 14.9. The second kappa shape index (κ2) is 8.25. The van der Waals surface area contributed by atoms with Crippen LogP contribution in [-0.4, -0.2) is 22.2 Å². The molecule has 0 spiro atoms. The van der Waals surface area contributed by atoms with E-state index in [-0.39, 0.29) is 11.3 Å². The number of amides is 1. The predicted octanol–water partition coefficient (Wildman–Crippen LogP) is 4.74. The van der Waals surface area contributed by atoms with E-state index in [1.807, 2.05) is 36.9 Å². The summed E-state index contributed by atoms with van der Waals surface area (Å²) in [5, 5.41) is 12.5. The lowest BCUT2D eigenvalue weighted by atomic mass is 10.1. The topological polar surface area (TPSA) is 79.5 Å². The molecular weight excluding hydrogens is 338 g/mol. The van der Waals surface area contributed by atoms with Gasteiger partial charge in [0.2, 0.25) is 0 Å². The summed E-state index contributed by atoms with van der Waals surface area (Å²) in [6.45, 7) is 8.04. The maximum absolute atomic E-state index is 12.4. The van der Waals surface area contributed by atoms with Crippen LogP contribution in [0.15, 0.2) is 28.7 Å². The maximum atomic E-state index is 12.4. The van der Waals surface area contributed by atoms with E-state index in [9.17, 15) is 14.7 Å². The second-order valence-corrected chi connectivity index (χ2v) is 7.57. The molecule has 1 aromatic heterocycles. The van der Waals surface area contributed by atoms with Gasteiger partial charge >= 0.3 is 5.97 Å². The van der Waals surface area contributed by atoms with Crippen molar-refractivity contribution in [1.82, 2.24) is 0 Å². The number of aromatic carboxylic acids is 1. The summed E-state index contributed by atoms with van der Waals surface area (Å²) >= 11 is 1.84. The summed E-state index contributed by atoms with van der Waals surface area (Å²) in [4.78, 5) is 23.7. The highest BCUT2D eigenvalue weighted by Gasteiger charge is 2.20. The van der Waals surface area contributed by atoms with E-state index in [4.69, 9.17) is 4.42 Å². The van der Waals surface area contributed by atoms with Gasteiger partial charge in [0.15, 0.2) is 5.76 Å². The Balaban J connectivity index is 2.21. The van der Waals surface area contributed by atoms with Crippen LogP contribution < -0.4 is 5.32 Å². The molecule has 25 heavy (non-hydrogen) atoms. The average molecular weight is 361 g/mol. The molecular formula is C19H23NO4S. The fraction of sp³-hybridized carbons (Fsp3) is 0.368. The van der Waals surface area contributed by atoms with E-state index in [2.05, 4.69) is 19.2 Å². The summed E-state index contributed by atoms with van der Waals surface area (Å²) in [5.74, 6) is -0.355. The number of thioether (sulfide) groups is 1. The van der Waals surface area contributed by atoms with Crippen molar-refractivity contribution in [3.63, 3.8) is 0 Å². The predicted molar refractivity (Wildman–Crippen MR) is 101 cm³/mol. The molecule has 6 heteroatoms. The zero-order chi connectivity index (χ0) is 18.6. The molecule has 0 bridgehead atoms. The van der Waals surface area contributed by atoms with Crippen LogP contribution in [0, 0.1) is 6.92 Å². The fourth-order valence-corrected chi connectivity index (χ4v) is 3.23. The number of aryl methyl sites for hydroxylation is 1. The summed E-state index contributed by atoms with van der Waals surface area (Å²) < 4.78 is 5.41. The van der Waals surface area contributed by atoms with Crippen molar-refractivity contribution in [3.05, 3.63) is 52.5 Å². The van der Waals surface area contributed by atoms with Gasteiger partial charge in [-0.15, -0.1) is 0 Å². The van der Waals surface area contributed by atoms with Crippen molar-refractivity contribution in [2.24, 2.45) is 0 Å². The lowest BCUT2D eigenvalue weighted by Gasteiger charge is -2.12. The summed E-state index contributed by atoms with van der Waals surface area (Å²) in [5.41, 5.74) is 2.91. The van der Waals surface area contributed by atoms with Crippen molar-refractivity contribution in [1.29, 1.82) is 0 Å². The molecule has 0 aliphatic carbocycles. The van der Waals surface area contributed by atoms with Crippen LogP contribution in [-0.2, 0) is 12.2 Å². The molecule has 0 unspecified atom stereocenters. The summed E-state index contributed by atoms with van der Waals surface area (Å²) in [6.07, 6.45) is 0.413. The first-order valence-corrected chi connectivity index (χ1v) is 9.25. The van der Waals surface area contributed by atoms with Crippen LogP contribution in [0.2, 0.25) is 0 Å². The Morgan fingerprint density at radius 3 is 2.60 bits per heavy atom. The number of hydrogen-bond acceptors (Lipinski definition) is 4. The smallest absolute Gasteiger partial charge is 0.339 e. The molecule has 0 aliphatic heterocycles. The molecule has 0 saturated carbocycles. The second-order valence-electron chi connectivity index (χ2n) is 6.01. The molecule has 1 aromatic carbocycles. The van der Waals surface area contributed by atoms with Crippen molar-refractivity contribution >= 4 is 29.3 Å². The number of anilines is 1. The van der Waals surface area contributed by atoms with Gasteiger partial charge in [0.1, 0.15) is 11.3 Å². The first kappa shape index (κ1) is 19.1. The first-order valence-electron chi connectivity index (χ1n) is 8.20. The molecule has 134 valence electrons. The minimum atomic E-state index is -1.09. The van der Waals surface area contributed by atoms with Gasteiger partial charge in [-0.3, -0.25) is 4.79 Å². The summed E-state index contributed by atoms with van der Waals surface area (Å²) in [7, 11) is 0. The number of carbonyl (C=O) groups is 2. The number of furan rings is 1. The maximum Gasteiger partial charge on any atom is 0.339 e. The Labute approximate surface area is 151 Å². The molecule has 5 nitrogen and oxygen atoms in total. The number of carboxylic acids is 1. The van der Waals surface area contributed by atoms with Crippen LogP contribution in [0.3, 0.4) is 0 Å². The Hall–Kier alpha value is -2.21. The number of benzene rings is 1. The molecule has 2 aromatic rings. The quantitative estimate of drug-likeness (QED) is 0.744. The largest absolute Gasteiger partial charge is 0.478 e. The van der Waals surface area contributed by atoms with Crippen LogP contribution in [0.4, 0.5) is 5.69 Å². The van der Waals surface area contributed by atoms with E-state index in [1.165, 1.54) is 6.07 Å². The SMILES string of the molecule is CCc1oc(C(=O)Nc2cccc(CSC(C)C)c2C)cc1C(=O)O. The third kappa shape index (κ3) is 4.66. The van der Waals surface area contributed by atoms with E-state index >= 15 is 0 Å². The number of carbonyl (C=O) groups excluding carboxylic acids is 1. The van der Waals surface area contributed by atoms with E-state index < -0.39 is 11.9 Å². The highest BCUT2D eigenvalue weighted by molar-refractivity contribution is 7.99. The van der Waals surface area contributed by atoms with Crippen LogP contribution in [0.1, 0.15) is 58.6 Å². The minimum absolute atomic E-state index is 0.00982. The molecule has 1 amide bonds. The third-order valence-corrected chi connectivity index (χ3v) is 4.99. The van der Waals surface area contributed by atoms with Gasteiger partial charge in [-0.25, -0.2) is 4.79 Å². The highest BCUT2D eigenvalue weighted by Crippen LogP contribution is 2.26. The van der Waals surface area contributed by atoms with Crippen molar-refractivity contribution in [3.8, 4) is 0 Å². The standard InChI is InChI=1S/C19H23NO4S/c1-5-16-14(19(22)23)9-17(24-16)18(21)20-15-8-6-7-13(12(15)4)10-25-11(2)3/h6-9,11H,5,10H2,1-4H3,(H,20,21)(H,22,23). The lowest BCUT2D eigenvalue weighted by Crippen LogP contribution is -2.12. The molecule has 1 heterocycles. The van der Waals surface area contributed by atoms with Crippen molar-refractivity contribution < 1.29 is 19.1 Å². The molecule has 0 atom stereocenters. The number of hydrogen-bond donors (Lipinski definition) is 2. The van der Waals surface area contributed by atoms with Crippen LogP contribution in [0.25, 0.3) is 0 Å². The number of nitrogens with one attached hydrogen (secondary N) is 1. The number of carboxylic acid groups (broad SMARTS) is 1. The van der Waals surface area contributed by atoms with Gasteiger partial charge in [-0.1, -0.05) is 32.9 Å². The van der Waals surface area contributed by atoms with Gasteiger partial charge < -0.3 is 14.8 Å². The highest BCUT2D eigenvalue weighted by atomic mass is 32.2. The Bertz CT molecular complexity index is 780. The van der Waals surface area contributed by atoms with Gasteiger partial charge in [0, 0.05) is 23.9 Å². The zero-order valence-corrected chi connectivity index (χ0v) is 15.7. The normalized spacial score (nSPS) is 10.9. The lowest BCUT2D eigenvalue weighted by molar-refractivity contribution is 0.0694. The minimum Gasteiger partial charge on any atom is -0.478 e. The number of rotatable bonds is 7. The molecule has 2 N–H and O–H groups in total. The molecule has 2 rings (SSSR count). The molecule has 0 saturated heterocycles. The Morgan fingerprint density at radius 2 is 2.04 bits per heavy atom. The van der Waals surface area contributed by atoms with Crippen LogP contribution in [0.5, 0.6) is 0 Å². The van der Waals surface area contributed by atoms with Gasteiger partial charge in [-0.2, -0.15) is 11.8 Å². The molecule has 0 radical (unpaired) electrons. The molecule has 0 fully saturated rings. The summed E-state index contributed by atoms with van der Waals surface area (Å²) in [6, 6.07) is 7.06. The van der Waals surface area contributed by atoms with Crippen molar-refractivity contribution in [2.75, 3.05) is 5.32 Å². The Morgan fingerprint density at radius 1 is 1.32 bits per heavy atom. The van der Waals surface area contributed by atoms with Gasteiger partial charge in [-0.05, 0) is 29.4 Å². The third-order valence-electron chi connectivity index (χ3n) is 3.85. The van der Waals surface area contributed by atoms with Gasteiger partial charge in [0.25, 0.3) is 5.91 Å². The van der Waals surface area contributed by atoms with Gasteiger partial charge in [0.05, 0.1) is 0 Å². The van der Waals surface area contributed by atoms with Crippen molar-refractivity contribution in [2.45, 2.75) is 45.1 Å². The van der Waals surface area contributed by atoms with E-state index in [1.54, 1.807) is 6.92 Å². The molecule has 0 aliphatic rings. The Kier molecular flexibility index (Phi) is 6.31. The first-order chi connectivity index (χ1) is 11.8. The average Bonchev–Trinajstić information content (AvgIpc) is 3.00. The van der Waals surface area contributed by atoms with E-state index in [0.29, 0.717) is 23.1 Å². The fourth-order valence-electron chi connectivity index (χ4n) is 2.40. The van der Waals surface area contributed by atoms with Crippen LogP contribution >= 0.6 is 11.8 Å². The monoisotopic (exact) mass is 361 g/mol. The van der Waals surface area contributed by atoms with E-state index in [0.717, 1.165) is 16.9 Å².